The average Bonchev–Trinajstić information content (AvgIpc) is 3.83. The van der Waals surface area contributed by atoms with Crippen molar-refractivity contribution in [1.82, 2.24) is 14.5 Å². The molecule has 5 heteroatoms. The molecule has 0 amide bonds. The van der Waals surface area contributed by atoms with Crippen molar-refractivity contribution in [2.24, 2.45) is 0 Å². The minimum absolute atomic E-state index is 0.670. The van der Waals surface area contributed by atoms with Crippen LogP contribution in [0.4, 0.5) is 0 Å². The Morgan fingerprint density at radius 1 is 0.471 bits per heavy atom. The fraction of sp³-hybridized carbons (Fsp3) is 0. The number of rotatable bonds is 4. The molecular formula is C46H29GeN3O. The third-order valence-corrected chi connectivity index (χ3v) is 20.6. The van der Waals surface area contributed by atoms with Crippen LogP contribution in [0.25, 0.3) is 72.1 Å². The van der Waals surface area contributed by atoms with Crippen LogP contribution < -0.4 is 17.7 Å². The van der Waals surface area contributed by atoms with Gasteiger partial charge in [-0.05, 0) is 0 Å². The molecule has 1 aliphatic rings. The second-order valence-corrected chi connectivity index (χ2v) is 21.0. The van der Waals surface area contributed by atoms with Gasteiger partial charge >= 0.3 is 298 Å². The number of benzene rings is 7. The summed E-state index contributed by atoms with van der Waals surface area (Å²) in [5, 5.41) is 4.54. The van der Waals surface area contributed by atoms with E-state index in [1.807, 2.05) is 12.1 Å². The SMILES string of the molecule is c1ccc(-c2nc(-n3c4ccccc4c4cc5c(cc43)oc3ccccc35)n[c]3c2-c2cccc[c]2[Ge]3([c]2ccccc2)[c]2ccccc2)cc1. The van der Waals surface area contributed by atoms with Gasteiger partial charge in [0, 0.05) is 0 Å². The molecule has 4 heterocycles. The summed E-state index contributed by atoms with van der Waals surface area (Å²) in [6, 6.07) is 63.2. The first-order valence-corrected chi connectivity index (χ1v) is 21.5. The molecule has 0 aliphatic carbocycles. The maximum absolute atomic E-state index is 6.46. The molecule has 0 fully saturated rings. The van der Waals surface area contributed by atoms with Crippen LogP contribution in [0, 0.1) is 0 Å². The van der Waals surface area contributed by atoms with Crippen molar-refractivity contribution in [3.8, 4) is 28.3 Å². The second-order valence-electron chi connectivity index (χ2n) is 13.3. The van der Waals surface area contributed by atoms with Gasteiger partial charge in [0.25, 0.3) is 0 Å². The van der Waals surface area contributed by atoms with Gasteiger partial charge in [-0.1, -0.05) is 0 Å². The molecule has 10 aromatic rings. The molecule has 11 rings (SSSR count). The predicted octanol–water partition coefficient (Wildman–Crippen LogP) is 8.50. The summed E-state index contributed by atoms with van der Waals surface area (Å²) in [4.78, 5) is 11.4. The number of hydrogen-bond acceptors (Lipinski definition) is 3. The van der Waals surface area contributed by atoms with E-state index in [-0.39, 0.29) is 0 Å². The standard InChI is InChI=1S/C46H29GeN3O/c1-4-16-30(17-5-1)44-43-35-24-10-13-25-38(35)47(31-18-6-2-7-19-31,32-20-8-3-9-21-32)45(43)49-46(48-44)50-39-26-14-11-22-33(39)36-28-37-34-23-12-15-27-41(34)51-42(37)29-40(36)50/h1-29H. The monoisotopic (exact) mass is 713 g/mol. The van der Waals surface area contributed by atoms with Crippen LogP contribution in [0.15, 0.2) is 180 Å². The van der Waals surface area contributed by atoms with Crippen LogP contribution in [0.5, 0.6) is 0 Å². The molecule has 0 N–H and O–H groups in total. The molecule has 0 spiro atoms. The van der Waals surface area contributed by atoms with E-state index in [4.69, 9.17) is 14.4 Å². The quantitative estimate of drug-likeness (QED) is 0.172. The fourth-order valence-corrected chi connectivity index (χ4v) is 19.0. The van der Waals surface area contributed by atoms with Gasteiger partial charge < -0.3 is 0 Å². The van der Waals surface area contributed by atoms with Crippen molar-refractivity contribution < 1.29 is 4.42 Å². The number of hydrogen-bond donors (Lipinski definition) is 0. The molecule has 238 valence electrons. The van der Waals surface area contributed by atoms with Crippen molar-refractivity contribution in [2.75, 3.05) is 0 Å². The third kappa shape index (κ3) is 3.96. The first-order chi connectivity index (χ1) is 25.3. The zero-order chi connectivity index (χ0) is 33.5. The summed E-state index contributed by atoms with van der Waals surface area (Å²) < 4.78 is 14.0. The van der Waals surface area contributed by atoms with Gasteiger partial charge in [-0.2, -0.15) is 0 Å². The van der Waals surface area contributed by atoms with E-state index in [0.29, 0.717) is 5.95 Å². The second kappa shape index (κ2) is 10.9. The molecule has 7 aromatic carbocycles. The molecule has 51 heavy (non-hydrogen) atoms. The summed E-state index contributed by atoms with van der Waals surface area (Å²) in [5.41, 5.74) is 8.24. The predicted molar refractivity (Wildman–Crippen MR) is 212 cm³/mol. The Hall–Kier alpha value is -6.24. The summed E-state index contributed by atoms with van der Waals surface area (Å²) in [7, 11) is 0. The topological polar surface area (TPSA) is 43.9 Å². The average molecular weight is 712 g/mol. The third-order valence-electron chi connectivity index (χ3n) is 10.7. The van der Waals surface area contributed by atoms with E-state index in [1.54, 1.807) is 0 Å². The maximum atomic E-state index is 6.46. The van der Waals surface area contributed by atoms with Crippen LogP contribution in [-0.2, 0) is 0 Å². The Labute approximate surface area is 296 Å². The zero-order valence-electron chi connectivity index (χ0n) is 27.5. The van der Waals surface area contributed by atoms with E-state index >= 15 is 0 Å². The van der Waals surface area contributed by atoms with E-state index in [0.717, 1.165) is 65.1 Å². The van der Waals surface area contributed by atoms with E-state index in [1.165, 1.54) is 18.8 Å². The number of para-hydroxylation sites is 2. The number of nitrogens with zero attached hydrogens (tertiary/aromatic N) is 3. The Morgan fingerprint density at radius 2 is 1.10 bits per heavy atom. The zero-order valence-corrected chi connectivity index (χ0v) is 29.6. The van der Waals surface area contributed by atoms with Crippen LogP contribution >= 0.6 is 0 Å². The Balaban J connectivity index is 1.32. The van der Waals surface area contributed by atoms with Crippen LogP contribution in [-0.4, -0.2) is 27.8 Å². The molecule has 1 aliphatic heterocycles. The molecule has 0 bridgehead atoms. The fourth-order valence-electron chi connectivity index (χ4n) is 8.57. The normalized spacial score (nSPS) is 13.3. The van der Waals surface area contributed by atoms with Gasteiger partial charge in [0.1, 0.15) is 0 Å². The molecular weight excluding hydrogens is 683 g/mol. The molecule has 0 atom stereocenters. The summed E-state index contributed by atoms with van der Waals surface area (Å²) in [6.45, 7) is 0. The molecule has 0 unspecified atom stereocenters. The van der Waals surface area contributed by atoms with E-state index in [9.17, 15) is 0 Å². The van der Waals surface area contributed by atoms with Crippen molar-refractivity contribution in [3.63, 3.8) is 0 Å². The van der Waals surface area contributed by atoms with Gasteiger partial charge in [-0.3, -0.25) is 0 Å². The Morgan fingerprint density at radius 3 is 1.86 bits per heavy atom. The van der Waals surface area contributed by atoms with E-state index in [2.05, 4.69) is 168 Å². The van der Waals surface area contributed by atoms with Gasteiger partial charge in [-0.15, -0.1) is 0 Å². The molecule has 0 saturated heterocycles. The summed E-state index contributed by atoms with van der Waals surface area (Å²) in [6.07, 6.45) is 0. The van der Waals surface area contributed by atoms with Gasteiger partial charge in [0.2, 0.25) is 0 Å². The van der Waals surface area contributed by atoms with Crippen LogP contribution in [0.2, 0.25) is 0 Å². The number of furan rings is 1. The summed E-state index contributed by atoms with van der Waals surface area (Å²) in [5.74, 6) is 0.670. The Bertz CT molecular complexity index is 2930. The van der Waals surface area contributed by atoms with Crippen molar-refractivity contribution in [2.45, 2.75) is 0 Å². The minimum atomic E-state index is -3.70. The summed E-state index contributed by atoms with van der Waals surface area (Å²) >= 11 is -3.70. The first kappa shape index (κ1) is 28.6. The molecule has 0 radical (unpaired) electrons. The first-order valence-electron chi connectivity index (χ1n) is 17.3. The van der Waals surface area contributed by atoms with Crippen molar-refractivity contribution in [1.29, 1.82) is 0 Å². The van der Waals surface area contributed by atoms with Crippen LogP contribution in [0.3, 0.4) is 0 Å². The van der Waals surface area contributed by atoms with Crippen molar-refractivity contribution in [3.05, 3.63) is 176 Å². The van der Waals surface area contributed by atoms with Crippen molar-refractivity contribution >= 4 is 74.7 Å². The molecule has 3 aromatic heterocycles. The van der Waals surface area contributed by atoms with Gasteiger partial charge in [0.15, 0.2) is 0 Å². The number of aromatic nitrogens is 3. The van der Waals surface area contributed by atoms with Gasteiger partial charge in [0.05, 0.1) is 0 Å². The van der Waals surface area contributed by atoms with Gasteiger partial charge in [-0.25, -0.2) is 0 Å². The molecule has 4 nitrogen and oxygen atoms in total. The Kier molecular flexibility index (Phi) is 6.10. The number of fused-ring (bicyclic) bond motifs is 9. The molecule has 0 saturated carbocycles. The van der Waals surface area contributed by atoms with E-state index < -0.39 is 13.3 Å². The van der Waals surface area contributed by atoms with Crippen LogP contribution in [0.1, 0.15) is 0 Å².